The fourth-order valence-electron chi connectivity index (χ4n) is 2.41. The molecule has 122 valence electrons. The first-order chi connectivity index (χ1) is 9.60. The van der Waals surface area contributed by atoms with Crippen molar-refractivity contribution in [3.05, 3.63) is 0 Å². The second-order valence-electron chi connectivity index (χ2n) is 5.32. The molecule has 2 amide bonds. The molecule has 0 aromatic heterocycles. The summed E-state index contributed by atoms with van der Waals surface area (Å²) in [4.78, 5) is 26.3. The molecular formula is C12H20F3N3O3. The summed E-state index contributed by atoms with van der Waals surface area (Å²) in [5.74, 6) is -1.47. The highest BCUT2D eigenvalue weighted by Crippen LogP contribution is 2.19. The summed E-state index contributed by atoms with van der Waals surface area (Å²) in [6.45, 7) is -1.09. The number of aliphatic carboxylic acids is 1. The van der Waals surface area contributed by atoms with Crippen molar-refractivity contribution >= 4 is 12.0 Å². The van der Waals surface area contributed by atoms with Crippen molar-refractivity contribution in [3.63, 3.8) is 0 Å². The summed E-state index contributed by atoms with van der Waals surface area (Å²) >= 11 is 0. The van der Waals surface area contributed by atoms with Gasteiger partial charge in [-0.3, -0.25) is 4.79 Å². The van der Waals surface area contributed by atoms with Crippen LogP contribution in [0.4, 0.5) is 18.0 Å². The van der Waals surface area contributed by atoms with Crippen LogP contribution in [0.1, 0.15) is 12.8 Å². The van der Waals surface area contributed by atoms with E-state index in [-0.39, 0.29) is 6.04 Å². The third-order valence-electron chi connectivity index (χ3n) is 3.42. The van der Waals surface area contributed by atoms with E-state index in [0.29, 0.717) is 17.9 Å². The van der Waals surface area contributed by atoms with Crippen LogP contribution in [-0.4, -0.2) is 84.3 Å². The van der Waals surface area contributed by atoms with Crippen LogP contribution in [-0.2, 0) is 4.79 Å². The number of hydrogen-bond acceptors (Lipinski definition) is 3. The summed E-state index contributed by atoms with van der Waals surface area (Å²) in [7, 11) is 3.28. The quantitative estimate of drug-likeness (QED) is 0.844. The molecular weight excluding hydrogens is 291 g/mol. The van der Waals surface area contributed by atoms with Crippen LogP contribution in [0.3, 0.4) is 0 Å². The van der Waals surface area contributed by atoms with Gasteiger partial charge in [-0.15, -0.1) is 0 Å². The Balaban J connectivity index is 2.75. The standard InChI is InChI=1S/C12H20F3N3O3/c1-16-5-3-4-9(6-16)17(2)11(21)18(7-10(19)20)8-12(13,14)15/h9H,3-8H2,1-2H3,(H,19,20). The number of carbonyl (C=O) groups excluding carboxylic acids is 1. The average Bonchev–Trinajstić information content (AvgIpc) is 2.34. The van der Waals surface area contributed by atoms with E-state index >= 15 is 0 Å². The number of carbonyl (C=O) groups is 2. The molecule has 0 aromatic carbocycles. The Morgan fingerprint density at radius 3 is 2.48 bits per heavy atom. The maximum Gasteiger partial charge on any atom is 0.406 e. The van der Waals surface area contributed by atoms with Crippen molar-refractivity contribution in [3.8, 4) is 0 Å². The topological polar surface area (TPSA) is 64.1 Å². The largest absolute Gasteiger partial charge is 0.480 e. The van der Waals surface area contributed by atoms with Gasteiger partial charge in [0.15, 0.2) is 0 Å². The molecule has 1 fully saturated rings. The lowest BCUT2D eigenvalue weighted by Gasteiger charge is -2.38. The summed E-state index contributed by atoms with van der Waals surface area (Å²) in [6.07, 6.45) is -3.09. The van der Waals surface area contributed by atoms with Crippen molar-refractivity contribution in [2.75, 3.05) is 40.3 Å². The van der Waals surface area contributed by atoms with Crippen molar-refractivity contribution in [1.29, 1.82) is 0 Å². The van der Waals surface area contributed by atoms with E-state index in [9.17, 15) is 22.8 Å². The molecule has 1 N–H and O–H groups in total. The molecule has 21 heavy (non-hydrogen) atoms. The number of piperidine rings is 1. The van der Waals surface area contributed by atoms with Crippen molar-refractivity contribution in [2.45, 2.75) is 25.1 Å². The third-order valence-corrected chi connectivity index (χ3v) is 3.42. The Kier molecular flexibility index (Phi) is 5.82. The molecule has 0 aliphatic carbocycles. The summed E-state index contributed by atoms with van der Waals surface area (Å²) in [6, 6.07) is -1.11. The predicted molar refractivity (Wildman–Crippen MR) is 68.9 cm³/mol. The van der Waals surface area contributed by atoms with Gasteiger partial charge in [-0.2, -0.15) is 13.2 Å². The zero-order valence-electron chi connectivity index (χ0n) is 12.1. The molecule has 1 rings (SSSR count). The van der Waals surface area contributed by atoms with Gasteiger partial charge in [0.05, 0.1) is 0 Å². The van der Waals surface area contributed by atoms with Crippen molar-refractivity contribution < 1.29 is 27.9 Å². The number of hydrogen-bond donors (Lipinski definition) is 1. The average molecular weight is 311 g/mol. The molecule has 6 nitrogen and oxygen atoms in total. The molecule has 0 bridgehead atoms. The van der Waals surface area contributed by atoms with E-state index in [0.717, 1.165) is 13.0 Å². The number of carboxylic acids is 1. The monoisotopic (exact) mass is 311 g/mol. The molecule has 1 heterocycles. The van der Waals surface area contributed by atoms with E-state index in [1.807, 2.05) is 11.9 Å². The van der Waals surface area contributed by atoms with Gasteiger partial charge in [0.1, 0.15) is 13.1 Å². The van der Waals surface area contributed by atoms with Gasteiger partial charge in [0.2, 0.25) is 0 Å². The maximum absolute atomic E-state index is 12.5. The summed E-state index contributed by atoms with van der Waals surface area (Å²) < 4.78 is 37.4. The van der Waals surface area contributed by atoms with E-state index in [4.69, 9.17) is 5.11 Å². The van der Waals surface area contributed by atoms with Crippen molar-refractivity contribution in [1.82, 2.24) is 14.7 Å². The predicted octanol–water partition coefficient (Wildman–Crippen LogP) is 1.08. The highest BCUT2D eigenvalue weighted by Gasteiger charge is 2.36. The Bertz CT molecular complexity index is 390. The molecule has 1 aliphatic heterocycles. The highest BCUT2D eigenvalue weighted by atomic mass is 19.4. The number of amides is 2. The van der Waals surface area contributed by atoms with Crippen LogP contribution < -0.4 is 0 Å². The number of nitrogens with zero attached hydrogens (tertiary/aromatic N) is 3. The van der Waals surface area contributed by atoms with Crippen LogP contribution in [0.2, 0.25) is 0 Å². The van der Waals surface area contributed by atoms with Crippen LogP contribution >= 0.6 is 0 Å². The normalized spacial score (nSPS) is 20.1. The first kappa shape index (κ1) is 17.5. The molecule has 1 unspecified atom stereocenters. The molecule has 0 radical (unpaired) electrons. The van der Waals surface area contributed by atoms with Crippen molar-refractivity contribution in [2.24, 2.45) is 0 Å². The number of likely N-dealkylation sites (tertiary alicyclic amines) is 1. The second kappa shape index (κ2) is 6.97. The SMILES string of the molecule is CN1CCCC(N(C)C(=O)N(CC(=O)O)CC(F)(F)F)C1. The molecule has 0 aromatic rings. The minimum Gasteiger partial charge on any atom is -0.480 e. The molecule has 0 spiro atoms. The fourth-order valence-corrected chi connectivity index (χ4v) is 2.41. The molecule has 1 atom stereocenters. The summed E-state index contributed by atoms with van der Waals surface area (Å²) in [5.41, 5.74) is 0. The second-order valence-corrected chi connectivity index (χ2v) is 5.32. The summed E-state index contributed by atoms with van der Waals surface area (Å²) in [5, 5.41) is 8.68. The maximum atomic E-state index is 12.5. The van der Waals surface area contributed by atoms with Crippen LogP contribution in [0, 0.1) is 0 Å². The Hall–Kier alpha value is -1.51. The highest BCUT2D eigenvalue weighted by molar-refractivity contribution is 5.80. The smallest absolute Gasteiger partial charge is 0.406 e. The number of likely N-dealkylation sites (N-methyl/N-ethyl adjacent to an activating group) is 2. The van der Waals surface area contributed by atoms with E-state index in [2.05, 4.69) is 0 Å². The van der Waals surface area contributed by atoms with Gasteiger partial charge in [-0.05, 0) is 26.4 Å². The minimum absolute atomic E-state index is 0.208. The number of urea groups is 1. The van der Waals surface area contributed by atoms with E-state index in [1.165, 1.54) is 11.9 Å². The third kappa shape index (κ3) is 5.78. The molecule has 0 saturated carbocycles. The first-order valence-electron chi connectivity index (χ1n) is 6.59. The zero-order valence-corrected chi connectivity index (χ0v) is 12.1. The van der Waals surface area contributed by atoms with Gasteiger partial charge >= 0.3 is 18.2 Å². The molecule has 9 heteroatoms. The lowest BCUT2D eigenvalue weighted by molar-refractivity contribution is -0.149. The van der Waals surface area contributed by atoms with E-state index in [1.54, 1.807) is 0 Å². The van der Waals surface area contributed by atoms with E-state index < -0.39 is 31.3 Å². The molecule has 1 aliphatic rings. The zero-order chi connectivity index (χ0) is 16.2. The number of carboxylic acid groups (broad SMARTS) is 1. The minimum atomic E-state index is -4.63. The number of alkyl halides is 3. The lowest BCUT2D eigenvalue weighted by atomic mass is 10.1. The van der Waals surface area contributed by atoms with Crippen LogP contribution in [0.25, 0.3) is 0 Å². The molecule has 1 saturated heterocycles. The van der Waals surface area contributed by atoms with Crippen LogP contribution in [0.5, 0.6) is 0 Å². The van der Waals surface area contributed by atoms with Gasteiger partial charge in [-0.1, -0.05) is 0 Å². The number of halogens is 3. The van der Waals surface area contributed by atoms with Gasteiger partial charge in [-0.25, -0.2) is 4.79 Å². The van der Waals surface area contributed by atoms with Gasteiger partial charge in [0.25, 0.3) is 0 Å². The van der Waals surface area contributed by atoms with Gasteiger partial charge < -0.3 is 19.8 Å². The fraction of sp³-hybridized carbons (Fsp3) is 0.833. The van der Waals surface area contributed by atoms with Gasteiger partial charge in [0, 0.05) is 19.6 Å². The Morgan fingerprint density at radius 2 is 2.00 bits per heavy atom. The van der Waals surface area contributed by atoms with Crippen LogP contribution in [0.15, 0.2) is 0 Å². The Labute approximate surface area is 121 Å². The number of rotatable bonds is 4. The Morgan fingerprint density at radius 1 is 1.38 bits per heavy atom. The first-order valence-corrected chi connectivity index (χ1v) is 6.59. The lowest BCUT2D eigenvalue weighted by Crippen LogP contribution is -2.54.